The van der Waals surface area contributed by atoms with Crippen molar-refractivity contribution in [3.63, 3.8) is 0 Å². The maximum atomic E-state index is 13.0. The quantitative estimate of drug-likeness (QED) is 0.881. The van der Waals surface area contributed by atoms with E-state index in [1.54, 1.807) is 18.2 Å². The molecule has 5 heteroatoms. The van der Waals surface area contributed by atoms with Crippen LogP contribution < -0.4 is 0 Å². The molecular formula is C10H8BrFN2O. The molecule has 0 radical (unpaired) electrons. The molecule has 78 valence electrons. The predicted octanol–water partition coefficient (Wildman–Crippen LogP) is 2.47. The Hall–Kier alpha value is -1.20. The first-order chi connectivity index (χ1) is 7.20. The summed E-state index contributed by atoms with van der Waals surface area (Å²) in [6.07, 6.45) is 0. The lowest BCUT2D eigenvalue weighted by Crippen LogP contribution is -1.81. The van der Waals surface area contributed by atoms with Crippen LogP contribution in [0.2, 0.25) is 0 Å². The highest BCUT2D eigenvalue weighted by Gasteiger charge is 2.06. The topological polar surface area (TPSA) is 48.9 Å². The molecule has 15 heavy (non-hydrogen) atoms. The number of aromatic nitrogens is 2. The maximum Gasteiger partial charge on any atom is 0.137 e. The first kappa shape index (κ1) is 10.3. The van der Waals surface area contributed by atoms with E-state index < -0.39 is 0 Å². The van der Waals surface area contributed by atoms with Gasteiger partial charge in [-0.15, -0.1) is 0 Å². The van der Waals surface area contributed by atoms with E-state index in [4.69, 9.17) is 5.11 Å². The maximum absolute atomic E-state index is 13.0. The molecule has 0 unspecified atom stereocenters. The number of H-pyrrole nitrogens is 1. The van der Waals surface area contributed by atoms with Gasteiger partial charge in [0.15, 0.2) is 0 Å². The number of nitrogens with one attached hydrogen (secondary N) is 1. The monoisotopic (exact) mass is 270 g/mol. The molecule has 0 spiro atoms. The minimum atomic E-state index is -0.309. The van der Waals surface area contributed by atoms with Crippen LogP contribution in [0.25, 0.3) is 11.3 Å². The zero-order valence-electron chi connectivity index (χ0n) is 7.67. The molecule has 0 saturated carbocycles. The second kappa shape index (κ2) is 4.12. The van der Waals surface area contributed by atoms with Crippen molar-refractivity contribution in [2.24, 2.45) is 0 Å². The highest BCUT2D eigenvalue weighted by atomic mass is 79.9. The smallest absolute Gasteiger partial charge is 0.137 e. The van der Waals surface area contributed by atoms with Crippen LogP contribution in [0.3, 0.4) is 0 Å². The van der Waals surface area contributed by atoms with Crippen LogP contribution in [0.5, 0.6) is 0 Å². The van der Waals surface area contributed by atoms with Gasteiger partial charge in [-0.1, -0.05) is 0 Å². The molecule has 0 atom stereocenters. The van der Waals surface area contributed by atoms with Gasteiger partial charge in [0.25, 0.3) is 0 Å². The van der Waals surface area contributed by atoms with E-state index in [0.29, 0.717) is 15.9 Å². The number of nitrogens with zero attached hydrogens (tertiary/aromatic N) is 1. The molecule has 0 amide bonds. The van der Waals surface area contributed by atoms with Crippen molar-refractivity contribution < 1.29 is 9.50 Å². The number of aromatic amines is 1. The Kier molecular flexibility index (Phi) is 2.83. The van der Waals surface area contributed by atoms with Crippen LogP contribution in [0.1, 0.15) is 5.69 Å². The molecule has 2 N–H and O–H groups in total. The first-order valence-corrected chi connectivity index (χ1v) is 5.10. The number of hydrogen-bond donors (Lipinski definition) is 2. The van der Waals surface area contributed by atoms with Gasteiger partial charge in [-0.3, -0.25) is 5.10 Å². The van der Waals surface area contributed by atoms with Gasteiger partial charge in [-0.05, 0) is 40.2 Å². The van der Waals surface area contributed by atoms with E-state index in [-0.39, 0.29) is 12.4 Å². The highest BCUT2D eigenvalue weighted by Crippen LogP contribution is 2.24. The Morgan fingerprint density at radius 3 is 2.80 bits per heavy atom. The van der Waals surface area contributed by atoms with Crippen molar-refractivity contribution in [1.82, 2.24) is 10.2 Å². The summed E-state index contributed by atoms with van der Waals surface area (Å²) in [4.78, 5) is 0. The number of aliphatic hydroxyl groups is 1. The first-order valence-electron chi connectivity index (χ1n) is 4.31. The van der Waals surface area contributed by atoms with Crippen LogP contribution in [-0.2, 0) is 6.61 Å². The van der Waals surface area contributed by atoms with E-state index in [1.807, 2.05) is 0 Å². The van der Waals surface area contributed by atoms with Crippen LogP contribution in [-0.4, -0.2) is 15.3 Å². The standard InChI is InChI=1S/C10H8BrFN2O/c11-8-3-6(1-2-9(8)12)10-4-7(5-15)13-14-10/h1-4,15H,5H2,(H,13,14). The predicted molar refractivity (Wildman–Crippen MR) is 57.6 cm³/mol. The molecule has 0 aliphatic heterocycles. The van der Waals surface area contributed by atoms with Crippen LogP contribution >= 0.6 is 15.9 Å². The minimum Gasteiger partial charge on any atom is -0.390 e. The highest BCUT2D eigenvalue weighted by molar-refractivity contribution is 9.10. The molecule has 0 saturated heterocycles. The van der Waals surface area contributed by atoms with Gasteiger partial charge < -0.3 is 5.11 Å². The van der Waals surface area contributed by atoms with E-state index in [9.17, 15) is 4.39 Å². The summed E-state index contributed by atoms with van der Waals surface area (Å²) >= 11 is 3.10. The fourth-order valence-electron chi connectivity index (χ4n) is 1.25. The number of benzene rings is 1. The van der Waals surface area contributed by atoms with Gasteiger partial charge in [0.05, 0.1) is 22.5 Å². The van der Waals surface area contributed by atoms with Crippen molar-refractivity contribution in [2.45, 2.75) is 6.61 Å². The van der Waals surface area contributed by atoms with Crippen molar-refractivity contribution in [2.75, 3.05) is 0 Å². The van der Waals surface area contributed by atoms with Crippen molar-refractivity contribution in [3.05, 3.63) is 40.2 Å². The van der Waals surface area contributed by atoms with Crippen molar-refractivity contribution >= 4 is 15.9 Å². The summed E-state index contributed by atoms with van der Waals surface area (Å²) in [6.45, 7) is -0.0879. The molecule has 2 aromatic rings. The van der Waals surface area contributed by atoms with Crippen molar-refractivity contribution in [1.29, 1.82) is 0 Å². The van der Waals surface area contributed by atoms with E-state index in [0.717, 1.165) is 5.56 Å². The number of aliphatic hydroxyl groups excluding tert-OH is 1. The van der Waals surface area contributed by atoms with Gasteiger partial charge in [0, 0.05) is 5.56 Å². The van der Waals surface area contributed by atoms with Crippen molar-refractivity contribution in [3.8, 4) is 11.3 Å². The summed E-state index contributed by atoms with van der Waals surface area (Å²) in [5.74, 6) is -0.309. The SMILES string of the molecule is OCc1cc(-c2ccc(F)c(Br)c2)n[nH]1. The zero-order valence-corrected chi connectivity index (χ0v) is 9.25. The normalized spacial score (nSPS) is 10.6. The lowest BCUT2D eigenvalue weighted by molar-refractivity contribution is 0.276. The third-order valence-corrected chi connectivity index (χ3v) is 2.62. The Bertz CT molecular complexity index is 484. The number of halogens is 2. The summed E-state index contributed by atoms with van der Waals surface area (Å²) < 4.78 is 13.4. The molecule has 1 aromatic carbocycles. The molecule has 0 aliphatic carbocycles. The largest absolute Gasteiger partial charge is 0.390 e. The molecule has 0 aliphatic rings. The average Bonchev–Trinajstić information content (AvgIpc) is 2.70. The third kappa shape index (κ3) is 2.08. The molecule has 1 aromatic heterocycles. The van der Waals surface area contributed by atoms with Crippen LogP contribution in [0.4, 0.5) is 4.39 Å². The number of hydrogen-bond acceptors (Lipinski definition) is 2. The van der Waals surface area contributed by atoms with E-state index >= 15 is 0 Å². The summed E-state index contributed by atoms with van der Waals surface area (Å²) in [6, 6.07) is 6.37. The average molecular weight is 271 g/mol. The van der Waals surface area contributed by atoms with Gasteiger partial charge in [-0.2, -0.15) is 5.10 Å². The molecule has 1 heterocycles. The molecule has 0 fully saturated rings. The Morgan fingerprint density at radius 2 is 2.20 bits per heavy atom. The fourth-order valence-corrected chi connectivity index (χ4v) is 1.62. The Morgan fingerprint density at radius 1 is 1.40 bits per heavy atom. The minimum absolute atomic E-state index is 0.0879. The van der Waals surface area contributed by atoms with E-state index in [2.05, 4.69) is 26.1 Å². The zero-order chi connectivity index (χ0) is 10.8. The van der Waals surface area contributed by atoms with Crippen LogP contribution in [0.15, 0.2) is 28.7 Å². The van der Waals surface area contributed by atoms with Crippen LogP contribution in [0, 0.1) is 5.82 Å². The fraction of sp³-hybridized carbons (Fsp3) is 0.100. The molecule has 3 nitrogen and oxygen atoms in total. The summed E-state index contributed by atoms with van der Waals surface area (Å²) in [5, 5.41) is 15.5. The summed E-state index contributed by atoms with van der Waals surface area (Å²) in [5.41, 5.74) is 2.10. The Balaban J connectivity index is 2.40. The molecule has 0 bridgehead atoms. The number of rotatable bonds is 2. The van der Waals surface area contributed by atoms with Gasteiger partial charge in [-0.25, -0.2) is 4.39 Å². The summed E-state index contributed by atoms with van der Waals surface area (Å²) in [7, 11) is 0. The molecular weight excluding hydrogens is 263 g/mol. The van der Waals surface area contributed by atoms with Gasteiger partial charge in [0.1, 0.15) is 5.82 Å². The molecule has 2 rings (SSSR count). The second-order valence-electron chi connectivity index (χ2n) is 3.07. The second-order valence-corrected chi connectivity index (χ2v) is 3.92. The third-order valence-electron chi connectivity index (χ3n) is 2.02. The van der Waals surface area contributed by atoms with Gasteiger partial charge >= 0.3 is 0 Å². The van der Waals surface area contributed by atoms with Gasteiger partial charge in [0.2, 0.25) is 0 Å². The van der Waals surface area contributed by atoms with E-state index in [1.165, 1.54) is 6.07 Å². The lowest BCUT2D eigenvalue weighted by atomic mass is 10.1. The Labute approximate surface area is 94.1 Å². The lowest BCUT2D eigenvalue weighted by Gasteiger charge is -1.98.